The van der Waals surface area contributed by atoms with Gasteiger partial charge in [0.25, 0.3) is 0 Å². The van der Waals surface area contributed by atoms with Crippen LogP contribution in [0.15, 0.2) is 18.2 Å². The molecule has 0 radical (unpaired) electrons. The molecule has 0 bridgehead atoms. The van der Waals surface area contributed by atoms with Gasteiger partial charge < -0.3 is 14.9 Å². The Morgan fingerprint density at radius 1 is 1.37 bits per heavy atom. The van der Waals surface area contributed by atoms with E-state index in [1.54, 1.807) is 19.1 Å². The van der Waals surface area contributed by atoms with E-state index in [1.807, 2.05) is 6.07 Å². The van der Waals surface area contributed by atoms with Crippen LogP contribution in [0.4, 0.5) is 0 Å². The number of aliphatic hydroxyl groups is 2. The normalized spacial score (nSPS) is 23.3. The van der Waals surface area contributed by atoms with Gasteiger partial charge in [-0.15, -0.1) is 0 Å². The van der Waals surface area contributed by atoms with Crippen LogP contribution in [0.3, 0.4) is 0 Å². The van der Waals surface area contributed by atoms with E-state index >= 15 is 0 Å². The van der Waals surface area contributed by atoms with Gasteiger partial charge >= 0.3 is 0 Å². The number of aliphatic hydroxyl groups excluding tert-OH is 2. The van der Waals surface area contributed by atoms with Crippen molar-refractivity contribution in [3.8, 4) is 0 Å². The number of carbonyl (C=O) groups excluding carboxylic acids is 1. The minimum atomic E-state index is -0.0988. The number of ketones is 1. The van der Waals surface area contributed by atoms with Gasteiger partial charge in [0.1, 0.15) is 0 Å². The van der Waals surface area contributed by atoms with Crippen molar-refractivity contribution in [2.75, 3.05) is 13.2 Å². The molecule has 1 aliphatic rings. The first kappa shape index (κ1) is 14.2. The molecule has 4 heteroatoms. The van der Waals surface area contributed by atoms with Crippen LogP contribution in [-0.4, -0.2) is 35.3 Å². The van der Waals surface area contributed by atoms with Crippen LogP contribution < -0.4 is 0 Å². The predicted octanol–water partition coefficient (Wildman–Crippen LogP) is 1.64. The lowest BCUT2D eigenvalue weighted by molar-refractivity contribution is -0.0272. The van der Waals surface area contributed by atoms with Gasteiger partial charge in [0.2, 0.25) is 0 Å². The Hall–Kier alpha value is -1.23. The van der Waals surface area contributed by atoms with Gasteiger partial charge in [-0.05, 0) is 30.9 Å². The Morgan fingerprint density at radius 2 is 2.16 bits per heavy atom. The van der Waals surface area contributed by atoms with Gasteiger partial charge in [-0.25, -0.2) is 0 Å². The van der Waals surface area contributed by atoms with E-state index in [1.165, 1.54) is 0 Å². The fourth-order valence-electron chi connectivity index (χ4n) is 2.72. The highest BCUT2D eigenvalue weighted by Crippen LogP contribution is 2.33. The van der Waals surface area contributed by atoms with E-state index in [4.69, 9.17) is 9.84 Å². The van der Waals surface area contributed by atoms with Gasteiger partial charge in [0.05, 0.1) is 25.9 Å². The molecular formula is C15H20O4. The molecule has 4 nitrogen and oxygen atoms in total. The standard InChI is InChI=1S/C15H20O4/c1-10(18)14-4-2-3-11(7-16)15(14)12-5-6-13(8-17)19-9-12/h2-4,12-13,16-17H,5-9H2,1H3/t12?,13-/m0/s1. The third-order valence-electron chi connectivity index (χ3n) is 3.73. The molecule has 1 aliphatic heterocycles. The summed E-state index contributed by atoms with van der Waals surface area (Å²) < 4.78 is 5.59. The monoisotopic (exact) mass is 264 g/mol. The lowest BCUT2D eigenvalue weighted by Gasteiger charge is -2.30. The molecule has 0 aromatic heterocycles. The summed E-state index contributed by atoms with van der Waals surface area (Å²) in [5.74, 6) is 0.125. The highest BCUT2D eigenvalue weighted by Gasteiger charge is 2.26. The minimum Gasteiger partial charge on any atom is -0.394 e. The zero-order valence-electron chi connectivity index (χ0n) is 11.1. The molecule has 2 rings (SSSR count). The number of hydrogen-bond donors (Lipinski definition) is 2. The fraction of sp³-hybridized carbons (Fsp3) is 0.533. The highest BCUT2D eigenvalue weighted by atomic mass is 16.5. The van der Waals surface area contributed by atoms with Gasteiger partial charge in [-0.2, -0.15) is 0 Å². The molecule has 1 fully saturated rings. The van der Waals surface area contributed by atoms with Crippen molar-refractivity contribution in [3.05, 3.63) is 34.9 Å². The molecule has 19 heavy (non-hydrogen) atoms. The second-order valence-electron chi connectivity index (χ2n) is 5.00. The number of carbonyl (C=O) groups is 1. The molecule has 0 aliphatic carbocycles. The third kappa shape index (κ3) is 3.03. The molecule has 1 heterocycles. The van der Waals surface area contributed by atoms with E-state index in [-0.39, 0.29) is 31.0 Å². The quantitative estimate of drug-likeness (QED) is 0.811. The highest BCUT2D eigenvalue weighted by molar-refractivity contribution is 5.96. The summed E-state index contributed by atoms with van der Waals surface area (Å²) in [6, 6.07) is 5.45. The first-order valence-corrected chi connectivity index (χ1v) is 6.63. The Kier molecular flexibility index (Phi) is 4.69. The van der Waals surface area contributed by atoms with E-state index in [0.29, 0.717) is 12.2 Å². The number of rotatable bonds is 4. The van der Waals surface area contributed by atoms with Gasteiger partial charge in [-0.1, -0.05) is 18.2 Å². The fourth-order valence-corrected chi connectivity index (χ4v) is 2.72. The summed E-state index contributed by atoms with van der Waals surface area (Å²) >= 11 is 0. The van der Waals surface area contributed by atoms with Crippen LogP contribution in [-0.2, 0) is 11.3 Å². The van der Waals surface area contributed by atoms with E-state index < -0.39 is 0 Å². The Morgan fingerprint density at radius 3 is 2.68 bits per heavy atom. The number of ether oxygens (including phenoxy) is 1. The van der Waals surface area contributed by atoms with E-state index in [0.717, 1.165) is 24.0 Å². The van der Waals surface area contributed by atoms with Crippen LogP contribution in [0.2, 0.25) is 0 Å². The summed E-state index contributed by atoms with van der Waals surface area (Å²) in [5, 5.41) is 18.5. The molecule has 1 unspecified atom stereocenters. The molecular weight excluding hydrogens is 244 g/mol. The summed E-state index contributed by atoms with van der Waals surface area (Å²) in [6.45, 7) is 1.99. The number of benzene rings is 1. The second kappa shape index (κ2) is 6.28. The van der Waals surface area contributed by atoms with Crippen molar-refractivity contribution in [2.24, 2.45) is 0 Å². The van der Waals surface area contributed by atoms with Crippen LogP contribution in [0.1, 0.15) is 47.2 Å². The zero-order chi connectivity index (χ0) is 13.8. The Labute approximate surface area is 113 Å². The van der Waals surface area contributed by atoms with E-state index in [2.05, 4.69) is 0 Å². The molecule has 2 atom stereocenters. The lowest BCUT2D eigenvalue weighted by atomic mass is 9.84. The Bertz CT molecular complexity index is 447. The maximum absolute atomic E-state index is 11.7. The van der Waals surface area contributed by atoms with Crippen molar-refractivity contribution in [1.29, 1.82) is 0 Å². The zero-order valence-corrected chi connectivity index (χ0v) is 11.1. The SMILES string of the molecule is CC(=O)c1cccc(CO)c1C1CC[C@@H](CO)OC1. The van der Waals surface area contributed by atoms with Crippen LogP contribution in [0.5, 0.6) is 0 Å². The van der Waals surface area contributed by atoms with Gasteiger partial charge in [0, 0.05) is 11.5 Å². The molecule has 104 valence electrons. The van der Waals surface area contributed by atoms with Crippen molar-refractivity contribution in [1.82, 2.24) is 0 Å². The van der Waals surface area contributed by atoms with Crippen molar-refractivity contribution in [3.63, 3.8) is 0 Å². The van der Waals surface area contributed by atoms with Crippen molar-refractivity contribution in [2.45, 2.75) is 38.4 Å². The first-order chi connectivity index (χ1) is 9.17. The molecule has 0 spiro atoms. The average Bonchev–Trinajstić information content (AvgIpc) is 2.46. The topological polar surface area (TPSA) is 66.8 Å². The maximum atomic E-state index is 11.7. The molecule has 1 aromatic rings. The first-order valence-electron chi connectivity index (χ1n) is 6.63. The second-order valence-corrected chi connectivity index (χ2v) is 5.00. The molecule has 1 aromatic carbocycles. The van der Waals surface area contributed by atoms with Crippen LogP contribution in [0.25, 0.3) is 0 Å². The summed E-state index contributed by atoms with van der Waals surface area (Å²) in [4.78, 5) is 11.7. The summed E-state index contributed by atoms with van der Waals surface area (Å²) in [5.41, 5.74) is 2.38. The van der Waals surface area contributed by atoms with Gasteiger partial charge in [0.15, 0.2) is 5.78 Å². The maximum Gasteiger partial charge on any atom is 0.160 e. The van der Waals surface area contributed by atoms with Crippen LogP contribution >= 0.6 is 0 Å². The number of Topliss-reactive ketones (excluding diaryl/α,β-unsaturated/α-hetero) is 1. The van der Waals surface area contributed by atoms with Crippen molar-refractivity contribution >= 4 is 5.78 Å². The predicted molar refractivity (Wildman–Crippen MR) is 71.2 cm³/mol. The molecule has 0 amide bonds. The van der Waals surface area contributed by atoms with Gasteiger partial charge in [-0.3, -0.25) is 4.79 Å². The third-order valence-corrected chi connectivity index (χ3v) is 3.73. The van der Waals surface area contributed by atoms with Crippen molar-refractivity contribution < 1.29 is 19.7 Å². The van der Waals surface area contributed by atoms with E-state index in [9.17, 15) is 9.90 Å². The average molecular weight is 264 g/mol. The minimum absolute atomic E-state index is 0.00887. The largest absolute Gasteiger partial charge is 0.394 e. The van der Waals surface area contributed by atoms with Crippen LogP contribution in [0, 0.1) is 0 Å². The summed E-state index contributed by atoms with van der Waals surface area (Å²) in [7, 11) is 0. The molecule has 2 N–H and O–H groups in total. The summed E-state index contributed by atoms with van der Waals surface area (Å²) in [6.07, 6.45) is 1.54. The number of hydrogen-bond acceptors (Lipinski definition) is 4. The Balaban J connectivity index is 2.30. The molecule has 1 saturated heterocycles. The lowest BCUT2D eigenvalue weighted by Crippen LogP contribution is -2.28. The molecule has 0 saturated carbocycles. The smallest absolute Gasteiger partial charge is 0.160 e.